The Balaban J connectivity index is 1.81. The van der Waals surface area contributed by atoms with E-state index in [0.29, 0.717) is 12.2 Å². The van der Waals surface area contributed by atoms with Crippen LogP contribution in [0.1, 0.15) is 58.3 Å². The number of allylic oxidation sites excluding steroid dienone is 2. The van der Waals surface area contributed by atoms with Crippen LogP contribution < -0.4 is 0 Å². The normalized spacial score (nSPS) is 47.3. The number of hydrogen-bond donors (Lipinski definition) is 0. The summed E-state index contributed by atoms with van der Waals surface area (Å²) in [7, 11) is 0. The molecule has 0 amide bonds. The lowest BCUT2D eigenvalue weighted by molar-refractivity contribution is -0.142. The van der Waals surface area contributed by atoms with Crippen LogP contribution >= 0.6 is 0 Å². The van der Waals surface area contributed by atoms with Crippen molar-refractivity contribution in [3.05, 3.63) is 11.6 Å². The summed E-state index contributed by atoms with van der Waals surface area (Å²) in [5.74, 6) is 0.731. The fourth-order valence-corrected chi connectivity index (χ4v) is 6.13. The van der Waals surface area contributed by atoms with Crippen LogP contribution in [0.4, 0.5) is 0 Å². The second kappa shape index (κ2) is 4.62. The van der Waals surface area contributed by atoms with E-state index in [1.807, 2.05) is 0 Å². The molecule has 3 fully saturated rings. The smallest absolute Gasteiger partial charge is 0.159 e. The van der Waals surface area contributed by atoms with E-state index < -0.39 is 5.41 Å². The van der Waals surface area contributed by atoms with Gasteiger partial charge in [-0.15, -0.1) is 0 Å². The van der Waals surface area contributed by atoms with Gasteiger partial charge in [0.25, 0.3) is 0 Å². The Morgan fingerprint density at radius 3 is 2.68 bits per heavy atom. The molecule has 0 heterocycles. The van der Waals surface area contributed by atoms with Crippen LogP contribution in [0.3, 0.4) is 0 Å². The minimum atomic E-state index is -0.399. The summed E-state index contributed by atoms with van der Waals surface area (Å²) in [6, 6.07) is 0. The summed E-state index contributed by atoms with van der Waals surface area (Å²) in [5, 5.41) is 0. The number of rotatable bonds is 1. The highest BCUT2D eigenvalue weighted by molar-refractivity contribution is 5.98. The molecule has 0 spiro atoms. The summed E-state index contributed by atoms with van der Waals surface area (Å²) < 4.78 is 0. The van der Waals surface area contributed by atoms with Crippen LogP contribution in [-0.2, 0) is 14.4 Å². The molecule has 4 rings (SSSR count). The first kappa shape index (κ1) is 14.3. The number of carbonyl (C=O) groups excluding carboxylic acids is 3. The summed E-state index contributed by atoms with van der Waals surface area (Å²) in [5.41, 5.74) is 0.373. The number of aldehydes is 1. The van der Waals surface area contributed by atoms with Crippen LogP contribution in [-0.4, -0.2) is 17.9 Å². The minimum absolute atomic E-state index is 0.0998. The predicted molar refractivity (Wildman–Crippen MR) is 82.1 cm³/mol. The van der Waals surface area contributed by atoms with Gasteiger partial charge in [-0.3, -0.25) is 9.59 Å². The highest BCUT2D eigenvalue weighted by Gasteiger charge is 2.61. The van der Waals surface area contributed by atoms with Crippen molar-refractivity contribution in [3.63, 3.8) is 0 Å². The van der Waals surface area contributed by atoms with Gasteiger partial charge >= 0.3 is 0 Å². The SMILES string of the molecule is C[C@]12CC[C@H]3[C@@H](C(=O)C=C4CCCC[C@@]43C=O)[C@@H]1CCC2=O. The fourth-order valence-electron chi connectivity index (χ4n) is 6.13. The van der Waals surface area contributed by atoms with Crippen molar-refractivity contribution in [3.8, 4) is 0 Å². The Bertz CT molecular complexity index is 589. The van der Waals surface area contributed by atoms with Crippen LogP contribution in [0.2, 0.25) is 0 Å². The molecule has 4 aliphatic rings. The summed E-state index contributed by atoms with van der Waals surface area (Å²) in [6.07, 6.45) is 10.1. The fraction of sp³-hybridized carbons (Fsp3) is 0.737. The van der Waals surface area contributed by atoms with Gasteiger partial charge in [-0.2, -0.15) is 0 Å². The largest absolute Gasteiger partial charge is 0.302 e. The van der Waals surface area contributed by atoms with Crippen LogP contribution in [0, 0.1) is 28.6 Å². The third-order valence-electron chi connectivity index (χ3n) is 7.38. The van der Waals surface area contributed by atoms with Crippen molar-refractivity contribution in [2.45, 2.75) is 58.3 Å². The molecular weight excluding hydrogens is 276 g/mol. The zero-order valence-electron chi connectivity index (χ0n) is 13.3. The Morgan fingerprint density at radius 1 is 1.09 bits per heavy atom. The number of fused-ring (bicyclic) bond motifs is 5. The van der Waals surface area contributed by atoms with Gasteiger partial charge in [-0.25, -0.2) is 0 Å². The molecule has 0 aliphatic heterocycles. The molecule has 118 valence electrons. The predicted octanol–water partition coefficient (Wildman–Crippen LogP) is 3.27. The van der Waals surface area contributed by atoms with E-state index in [4.69, 9.17) is 0 Å². The maximum Gasteiger partial charge on any atom is 0.159 e. The molecule has 0 N–H and O–H groups in total. The molecule has 0 bridgehead atoms. The van der Waals surface area contributed by atoms with Gasteiger partial charge in [0.1, 0.15) is 12.1 Å². The third kappa shape index (κ3) is 1.60. The van der Waals surface area contributed by atoms with Gasteiger partial charge in [-0.05, 0) is 56.4 Å². The maximum absolute atomic E-state index is 12.8. The van der Waals surface area contributed by atoms with E-state index in [2.05, 4.69) is 6.92 Å². The number of carbonyl (C=O) groups is 3. The van der Waals surface area contributed by atoms with Crippen molar-refractivity contribution < 1.29 is 14.4 Å². The molecule has 3 nitrogen and oxygen atoms in total. The highest BCUT2D eigenvalue weighted by Crippen LogP contribution is 2.62. The number of ketones is 2. The van der Waals surface area contributed by atoms with E-state index in [1.54, 1.807) is 6.08 Å². The Labute approximate surface area is 131 Å². The molecule has 22 heavy (non-hydrogen) atoms. The lowest BCUT2D eigenvalue weighted by Gasteiger charge is -2.54. The molecule has 0 saturated heterocycles. The molecule has 3 saturated carbocycles. The standard InChI is InChI=1S/C19H24O3/c1-18-9-7-14-17(13(18)5-6-16(18)22)15(21)10-12-4-2-3-8-19(12,14)11-20/h10-11,13-14,17H,2-9H2,1H3/t13-,14-,17-,18-,19+/m0/s1. The van der Waals surface area contributed by atoms with E-state index in [1.165, 1.54) is 0 Å². The second-order valence-corrected chi connectivity index (χ2v) is 8.09. The zero-order chi connectivity index (χ0) is 15.5. The van der Waals surface area contributed by atoms with Gasteiger partial charge in [0.05, 0.1) is 5.41 Å². The van der Waals surface area contributed by atoms with E-state index in [9.17, 15) is 14.4 Å². The Kier molecular flexibility index (Phi) is 3.02. The van der Waals surface area contributed by atoms with Crippen LogP contribution in [0.25, 0.3) is 0 Å². The number of Topliss-reactive ketones (excluding diaryl/α,β-unsaturated/α-hetero) is 1. The average Bonchev–Trinajstić information content (AvgIpc) is 2.83. The summed E-state index contributed by atoms with van der Waals surface area (Å²) in [6.45, 7) is 2.06. The quantitative estimate of drug-likeness (QED) is 0.698. The molecule has 0 aromatic rings. The van der Waals surface area contributed by atoms with Gasteiger partial charge in [-0.1, -0.05) is 18.9 Å². The van der Waals surface area contributed by atoms with Crippen molar-refractivity contribution in [2.24, 2.45) is 28.6 Å². The Hall–Kier alpha value is -1.25. The number of hydrogen-bond acceptors (Lipinski definition) is 3. The first-order valence-electron chi connectivity index (χ1n) is 8.77. The van der Waals surface area contributed by atoms with Crippen molar-refractivity contribution in [1.29, 1.82) is 0 Å². The van der Waals surface area contributed by atoms with E-state index >= 15 is 0 Å². The summed E-state index contributed by atoms with van der Waals surface area (Å²) in [4.78, 5) is 37.3. The molecular formula is C19H24O3. The molecule has 4 aliphatic carbocycles. The molecule has 0 aromatic heterocycles. The average molecular weight is 300 g/mol. The van der Waals surface area contributed by atoms with Gasteiger partial charge in [0, 0.05) is 17.8 Å². The first-order valence-corrected chi connectivity index (χ1v) is 8.77. The lowest BCUT2D eigenvalue weighted by atomic mass is 9.48. The molecule has 0 unspecified atom stereocenters. The molecule has 0 radical (unpaired) electrons. The van der Waals surface area contributed by atoms with E-state index in [0.717, 1.165) is 56.8 Å². The monoisotopic (exact) mass is 300 g/mol. The molecule has 0 aromatic carbocycles. The first-order chi connectivity index (χ1) is 10.5. The zero-order valence-corrected chi connectivity index (χ0v) is 13.3. The minimum Gasteiger partial charge on any atom is -0.302 e. The second-order valence-electron chi connectivity index (χ2n) is 8.09. The lowest BCUT2D eigenvalue weighted by Crippen LogP contribution is -2.54. The van der Waals surface area contributed by atoms with Crippen LogP contribution in [0.15, 0.2) is 11.6 Å². The molecule has 3 heteroatoms. The van der Waals surface area contributed by atoms with Crippen LogP contribution in [0.5, 0.6) is 0 Å². The van der Waals surface area contributed by atoms with Crippen molar-refractivity contribution >= 4 is 17.9 Å². The van der Waals surface area contributed by atoms with Gasteiger partial charge < -0.3 is 4.79 Å². The topological polar surface area (TPSA) is 51.2 Å². The third-order valence-corrected chi connectivity index (χ3v) is 7.38. The highest BCUT2D eigenvalue weighted by atomic mass is 16.1. The van der Waals surface area contributed by atoms with Crippen molar-refractivity contribution in [1.82, 2.24) is 0 Å². The Morgan fingerprint density at radius 2 is 1.91 bits per heavy atom. The van der Waals surface area contributed by atoms with Crippen molar-refractivity contribution in [2.75, 3.05) is 0 Å². The van der Waals surface area contributed by atoms with Gasteiger partial charge in [0.15, 0.2) is 5.78 Å². The maximum atomic E-state index is 12.8. The molecule has 5 atom stereocenters. The van der Waals surface area contributed by atoms with Gasteiger partial charge in [0.2, 0.25) is 0 Å². The van der Waals surface area contributed by atoms with E-state index in [-0.39, 0.29) is 29.0 Å². The summed E-state index contributed by atoms with van der Waals surface area (Å²) >= 11 is 0.